The molecule has 0 saturated heterocycles. The highest BCUT2D eigenvalue weighted by Crippen LogP contribution is 2.31. The molecule has 114 valence electrons. The Balaban J connectivity index is 1.54. The molecule has 6 heteroatoms. The van der Waals surface area contributed by atoms with Crippen LogP contribution in [0.4, 0.5) is 5.00 Å². The van der Waals surface area contributed by atoms with Crippen molar-refractivity contribution in [2.45, 2.75) is 19.4 Å². The molecule has 1 heterocycles. The van der Waals surface area contributed by atoms with Crippen molar-refractivity contribution < 1.29 is 9.59 Å². The van der Waals surface area contributed by atoms with Gasteiger partial charge in [-0.2, -0.15) is 0 Å². The smallest absolute Gasteiger partial charge is 0.261 e. The lowest BCUT2D eigenvalue weighted by Crippen LogP contribution is -2.21. The van der Waals surface area contributed by atoms with Gasteiger partial charge in [0.2, 0.25) is 5.91 Å². The van der Waals surface area contributed by atoms with Crippen LogP contribution in [-0.2, 0) is 11.3 Å². The molecule has 0 unspecified atom stereocenters. The molecule has 1 aromatic heterocycles. The molecular formula is C16H15ClN2O2S. The van der Waals surface area contributed by atoms with Gasteiger partial charge in [0.15, 0.2) is 0 Å². The van der Waals surface area contributed by atoms with Crippen LogP contribution in [0, 0.1) is 5.92 Å². The molecule has 3 rings (SSSR count). The summed E-state index contributed by atoms with van der Waals surface area (Å²) < 4.78 is 0. The molecule has 1 aliphatic rings. The summed E-state index contributed by atoms with van der Waals surface area (Å²) in [5, 5.41) is 7.08. The molecule has 1 aliphatic carbocycles. The van der Waals surface area contributed by atoms with Gasteiger partial charge in [-0.25, -0.2) is 0 Å². The van der Waals surface area contributed by atoms with Gasteiger partial charge in [0.05, 0.1) is 9.88 Å². The molecule has 0 aliphatic heterocycles. The van der Waals surface area contributed by atoms with E-state index in [2.05, 4.69) is 10.6 Å². The lowest BCUT2D eigenvalue weighted by atomic mass is 10.2. The Morgan fingerprint density at radius 1 is 1.14 bits per heavy atom. The van der Waals surface area contributed by atoms with E-state index in [1.54, 1.807) is 24.3 Å². The number of rotatable bonds is 5. The molecule has 1 fully saturated rings. The fourth-order valence-electron chi connectivity index (χ4n) is 1.97. The van der Waals surface area contributed by atoms with E-state index in [1.807, 2.05) is 12.1 Å². The van der Waals surface area contributed by atoms with Crippen molar-refractivity contribution in [3.63, 3.8) is 0 Å². The SMILES string of the molecule is O=C(NCc1ccc(Cl)cc1)c1ccc(NC(=O)C2CC2)s1. The first-order valence-corrected chi connectivity index (χ1v) is 8.24. The van der Waals surface area contributed by atoms with Crippen LogP contribution < -0.4 is 10.6 Å². The Kier molecular flexibility index (Phi) is 4.45. The first-order chi connectivity index (χ1) is 10.6. The summed E-state index contributed by atoms with van der Waals surface area (Å²) in [5.74, 6) is 0.0612. The Hall–Kier alpha value is -1.85. The Labute approximate surface area is 137 Å². The van der Waals surface area contributed by atoms with Crippen molar-refractivity contribution in [1.82, 2.24) is 5.32 Å². The second-order valence-electron chi connectivity index (χ2n) is 5.24. The number of halogens is 1. The summed E-state index contributed by atoms with van der Waals surface area (Å²) in [7, 11) is 0. The van der Waals surface area contributed by atoms with E-state index in [9.17, 15) is 9.59 Å². The third-order valence-corrected chi connectivity index (χ3v) is 4.64. The van der Waals surface area contributed by atoms with Gasteiger partial charge in [0.1, 0.15) is 0 Å². The predicted octanol–water partition coefficient (Wildman–Crippen LogP) is 3.68. The molecule has 0 atom stereocenters. The number of anilines is 1. The van der Waals surface area contributed by atoms with Gasteiger partial charge < -0.3 is 10.6 Å². The van der Waals surface area contributed by atoms with E-state index in [1.165, 1.54) is 11.3 Å². The summed E-state index contributed by atoms with van der Waals surface area (Å²) in [6.45, 7) is 0.442. The normalized spacial score (nSPS) is 13.7. The van der Waals surface area contributed by atoms with Crippen molar-refractivity contribution in [1.29, 1.82) is 0 Å². The van der Waals surface area contributed by atoms with E-state index < -0.39 is 0 Å². The number of amides is 2. The largest absolute Gasteiger partial charge is 0.347 e. The van der Waals surface area contributed by atoms with E-state index in [0.717, 1.165) is 18.4 Å². The second-order valence-corrected chi connectivity index (χ2v) is 6.76. The minimum atomic E-state index is -0.146. The van der Waals surface area contributed by atoms with Crippen LogP contribution in [0.1, 0.15) is 28.1 Å². The number of benzene rings is 1. The van der Waals surface area contributed by atoms with Crippen molar-refractivity contribution in [3.05, 3.63) is 51.9 Å². The fraction of sp³-hybridized carbons (Fsp3) is 0.250. The molecule has 0 radical (unpaired) electrons. The zero-order chi connectivity index (χ0) is 15.5. The van der Waals surface area contributed by atoms with Gasteiger partial charge >= 0.3 is 0 Å². The summed E-state index contributed by atoms with van der Waals surface area (Å²) >= 11 is 7.11. The van der Waals surface area contributed by atoms with Gasteiger partial charge in [0.25, 0.3) is 5.91 Å². The highest BCUT2D eigenvalue weighted by Gasteiger charge is 2.29. The molecule has 2 N–H and O–H groups in total. The summed E-state index contributed by atoms with van der Waals surface area (Å²) in [6, 6.07) is 10.8. The van der Waals surface area contributed by atoms with Gasteiger partial charge in [-0.15, -0.1) is 11.3 Å². The van der Waals surface area contributed by atoms with E-state index in [-0.39, 0.29) is 17.7 Å². The number of hydrogen-bond donors (Lipinski definition) is 2. The average Bonchev–Trinajstić information content (AvgIpc) is 3.27. The minimum Gasteiger partial charge on any atom is -0.347 e. The van der Waals surface area contributed by atoms with Crippen molar-refractivity contribution in [2.24, 2.45) is 5.92 Å². The molecule has 0 spiro atoms. The maximum absolute atomic E-state index is 12.1. The van der Waals surface area contributed by atoms with Crippen LogP contribution in [-0.4, -0.2) is 11.8 Å². The Bertz CT molecular complexity index is 692. The molecule has 4 nitrogen and oxygen atoms in total. The number of carbonyl (C=O) groups excluding carboxylic acids is 2. The third-order valence-electron chi connectivity index (χ3n) is 3.39. The van der Waals surface area contributed by atoms with Crippen LogP contribution in [0.15, 0.2) is 36.4 Å². The lowest BCUT2D eigenvalue weighted by molar-refractivity contribution is -0.117. The van der Waals surface area contributed by atoms with Crippen molar-refractivity contribution in [2.75, 3.05) is 5.32 Å². The molecule has 2 amide bonds. The monoisotopic (exact) mass is 334 g/mol. The van der Waals surface area contributed by atoms with E-state index in [0.29, 0.717) is 21.4 Å². The van der Waals surface area contributed by atoms with Gasteiger partial charge in [-0.05, 0) is 42.7 Å². The highest BCUT2D eigenvalue weighted by molar-refractivity contribution is 7.18. The molecule has 2 aromatic rings. The number of hydrogen-bond acceptors (Lipinski definition) is 3. The average molecular weight is 335 g/mol. The van der Waals surface area contributed by atoms with E-state index in [4.69, 9.17) is 11.6 Å². The Morgan fingerprint density at radius 2 is 1.86 bits per heavy atom. The van der Waals surface area contributed by atoms with Crippen LogP contribution in [0.2, 0.25) is 5.02 Å². The Morgan fingerprint density at radius 3 is 2.55 bits per heavy atom. The predicted molar refractivity (Wildman–Crippen MR) is 88.3 cm³/mol. The summed E-state index contributed by atoms with van der Waals surface area (Å²) in [4.78, 5) is 24.4. The molecule has 22 heavy (non-hydrogen) atoms. The topological polar surface area (TPSA) is 58.2 Å². The van der Waals surface area contributed by atoms with Crippen molar-refractivity contribution >= 4 is 39.8 Å². The lowest BCUT2D eigenvalue weighted by Gasteiger charge is -2.04. The maximum atomic E-state index is 12.1. The minimum absolute atomic E-state index is 0.0509. The molecule has 1 saturated carbocycles. The van der Waals surface area contributed by atoms with Crippen LogP contribution in [0.3, 0.4) is 0 Å². The van der Waals surface area contributed by atoms with Crippen LogP contribution in [0.25, 0.3) is 0 Å². The number of nitrogens with one attached hydrogen (secondary N) is 2. The molecule has 1 aromatic carbocycles. The summed E-state index contributed by atoms with van der Waals surface area (Å²) in [5.41, 5.74) is 0.983. The highest BCUT2D eigenvalue weighted by atomic mass is 35.5. The zero-order valence-corrected chi connectivity index (χ0v) is 13.3. The van der Waals surface area contributed by atoms with Crippen LogP contribution in [0.5, 0.6) is 0 Å². The summed E-state index contributed by atoms with van der Waals surface area (Å²) in [6.07, 6.45) is 1.93. The van der Waals surface area contributed by atoms with Crippen LogP contribution >= 0.6 is 22.9 Å². The first-order valence-electron chi connectivity index (χ1n) is 7.05. The third kappa shape index (κ3) is 3.87. The molecule has 0 bridgehead atoms. The van der Waals surface area contributed by atoms with Gasteiger partial charge in [-0.3, -0.25) is 9.59 Å². The fourth-order valence-corrected chi connectivity index (χ4v) is 2.92. The quantitative estimate of drug-likeness (QED) is 0.876. The van der Waals surface area contributed by atoms with Gasteiger partial charge in [0, 0.05) is 17.5 Å². The zero-order valence-electron chi connectivity index (χ0n) is 11.8. The van der Waals surface area contributed by atoms with E-state index >= 15 is 0 Å². The standard InChI is InChI=1S/C16H15ClN2O2S/c17-12-5-1-10(2-6-12)9-18-16(21)13-7-8-14(22-13)19-15(20)11-3-4-11/h1-2,5-8,11H,3-4,9H2,(H,18,21)(H,19,20). The first kappa shape index (κ1) is 15.1. The number of carbonyl (C=O) groups is 2. The van der Waals surface area contributed by atoms with Crippen molar-refractivity contribution in [3.8, 4) is 0 Å². The van der Waals surface area contributed by atoms with Gasteiger partial charge in [-0.1, -0.05) is 23.7 Å². The maximum Gasteiger partial charge on any atom is 0.261 e. The second kappa shape index (κ2) is 6.50. The molecular weight excluding hydrogens is 320 g/mol. The number of thiophene rings is 1.